The van der Waals surface area contributed by atoms with Gasteiger partial charge in [0.05, 0.1) is 12.6 Å². The molecule has 1 aromatic heterocycles. The first-order valence-corrected chi connectivity index (χ1v) is 7.09. The normalized spacial score (nSPS) is 11.4. The van der Waals surface area contributed by atoms with Gasteiger partial charge in [0.1, 0.15) is 5.02 Å². The fraction of sp³-hybridized carbons (Fsp3) is 0.500. The number of H-pyrrole nitrogens is 1. The Labute approximate surface area is 104 Å². The summed E-state index contributed by atoms with van der Waals surface area (Å²) < 4.78 is 23.9. The highest BCUT2D eigenvalue weighted by Crippen LogP contribution is 2.11. The molecule has 0 aliphatic rings. The van der Waals surface area contributed by atoms with Crippen molar-refractivity contribution in [1.82, 2.24) is 14.7 Å². The Balaban J connectivity index is 2.37. The maximum atomic E-state index is 11.1. The third kappa shape index (κ3) is 5.16. The van der Waals surface area contributed by atoms with E-state index in [0.717, 1.165) is 6.26 Å². The molecule has 0 fully saturated rings. The van der Waals surface area contributed by atoms with Gasteiger partial charge in [0, 0.05) is 13.1 Å². The van der Waals surface area contributed by atoms with Crippen molar-refractivity contribution in [2.24, 2.45) is 0 Å². The summed E-state index contributed by atoms with van der Waals surface area (Å²) in [6.45, 7) is 0.769. The van der Waals surface area contributed by atoms with Crippen molar-refractivity contribution in [3.05, 3.63) is 21.7 Å². The molecule has 0 amide bonds. The number of anilines is 1. The molecule has 1 rings (SSSR count). The van der Waals surface area contributed by atoms with E-state index in [4.69, 9.17) is 11.6 Å². The van der Waals surface area contributed by atoms with E-state index < -0.39 is 15.6 Å². The number of hydrogen-bond donors (Lipinski definition) is 3. The SMILES string of the molecule is CS(=O)(=O)NCCCNc1nc[nH]c(=O)c1Cl. The van der Waals surface area contributed by atoms with Crippen LogP contribution < -0.4 is 15.6 Å². The molecule has 7 nitrogen and oxygen atoms in total. The number of aromatic nitrogens is 2. The van der Waals surface area contributed by atoms with Gasteiger partial charge in [-0.15, -0.1) is 0 Å². The molecule has 0 saturated heterocycles. The molecule has 9 heteroatoms. The van der Waals surface area contributed by atoms with Gasteiger partial charge in [-0.1, -0.05) is 11.6 Å². The molecule has 96 valence electrons. The second-order valence-corrected chi connectivity index (χ2v) is 5.55. The summed E-state index contributed by atoms with van der Waals surface area (Å²) in [5.74, 6) is 0.287. The van der Waals surface area contributed by atoms with Crippen LogP contribution in [0.2, 0.25) is 5.02 Å². The van der Waals surface area contributed by atoms with E-state index in [0.29, 0.717) is 19.5 Å². The summed E-state index contributed by atoms with van der Waals surface area (Å²) in [5.41, 5.74) is -0.418. The largest absolute Gasteiger partial charge is 0.369 e. The van der Waals surface area contributed by atoms with E-state index in [1.165, 1.54) is 6.33 Å². The van der Waals surface area contributed by atoms with Crippen molar-refractivity contribution in [2.75, 3.05) is 24.7 Å². The molecule has 0 aliphatic heterocycles. The Morgan fingerprint density at radius 1 is 1.47 bits per heavy atom. The standard InChI is InChI=1S/C8H13ClN4O3S/c1-17(15,16)13-4-2-3-10-7-6(9)8(14)12-5-11-7/h5,13H,2-4H2,1H3,(H2,10,11,12,14). The first-order chi connectivity index (χ1) is 7.90. The van der Waals surface area contributed by atoms with Crippen molar-refractivity contribution in [3.8, 4) is 0 Å². The van der Waals surface area contributed by atoms with Gasteiger partial charge >= 0.3 is 0 Å². The third-order valence-electron chi connectivity index (χ3n) is 1.81. The van der Waals surface area contributed by atoms with Gasteiger partial charge in [-0.2, -0.15) is 0 Å². The third-order valence-corrected chi connectivity index (χ3v) is 2.89. The van der Waals surface area contributed by atoms with E-state index >= 15 is 0 Å². The monoisotopic (exact) mass is 280 g/mol. The van der Waals surface area contributed by atoms with E-state index in [1.54, 1.807) is 0 Å². The molecule has 17 heavy (non-hydrogen) atoms. The number of hydrogen-bond acceptors (Lipinski definition) is 5. The topological polar surface area (TPSA) is 104 Å². The highest BCUT2D eigenvalue weighted by Gasteiger charge is 2.04. The van der Waals surface area contributed by atoms with Crippen molar-refractivity contribution >= 4 is 27.4 Å². The van der Waals surface area contributed by atoms with Crippen LogP contribution in [-0.2, 0) is 10.0 Å². The van der Waals surface area contributed by atoms with Crippen LogP contribution >= 0.6 is 11.6 Å². The zero-order valence-electron chi connectivity index (χ0n) is 9.16. The highest BCUT2D eigenvalue weighted by atomic mass is 35.5. The summed E-state index contributed by atoms with van der Waals surface area (Å²) in [5, 5.41) is 2.83. The minimum absolute atomic E-state index is 0.0106. The Morgan fingerprint density at radius 2 is 2.18 bits per heavy atom. The second-order valence-electron chi connectivity index (χ2n) is 3.34. The fourth-order valence-corrected chi connectivity index (χ4v) is 1.74. The minimum atomic E-state index is -3.16. The lowest BCUT2D eigenvalue weighted by Gasteiger charge is -2.06. The zero-order valence-corrected chi connectivity index (χ0v) is 10.7. The zero-order chi connectivity index (χ0) is 12.9. The molecule has 0 saturated carbocycles. The van der Waals surface area contributed by atoms with Gasteiger partial charge in [-0.05, 0) is 6.42 Å². The van der Waals surface area contributed by atoms with Gasteiger partial charge in [0.25, 0.3) is 5.56 Å². The molecule has 1 heterocycles. The summed E-state index contributed by atoms with van der Waals surface area (Å²) in [4.78, 5) is 17.3. The number of nitrogens with one attached hydrogen (secondary N) is 3. The van der Waals surface area contributed by atoms with Gasteiger partial charge < -0.3 is 10.3 Å². The molecular weight excluding hydrogens is 268 g/mol. The fourth-order valence-electron chi connectivity index (χ4n) is 1.06. The van der Waals surface area contributed by atoms with Crippen molar-refractivity contribution in [1.29, 1.82) is 0 Å². The lowest BCUT2D eigenvalue weighted by Crippen LogP contribution is -2.24. The molecule has 1 aromatic rings. The number of sulfonamides is 1. The smallest absolute Gasteiger partial charge is 0.271 e. The van der Waals surface area contributed by atoms with Crippen molar-refractivity contribution < 1.29 is 8.42 Å². The predicted molar refractivity (Wildman–Crippen MR) is 65.8 cm³/mol. The Morgan fingerprint density at radius 3 is 2.82 bits per heavy atom. The lowest BCUT2D eigenvalue weighted by molar-refractivity contribution is 0.586. The summed E-state index contributed by atoms with van der Waals surface area (Å²) >= 11 is 5.70. The van der Waals surface area contributed by atoms with Crippen LogP contribution in [0.3, 0.4) is 0 Å². The molecule has 0 bridgehead atoms. The van der Waals surface area contributed by atoms with Crippen molar-refractivity contribution in [3.63, 3.8) is 0 Å². The van der Waals surface area contributed by atoms with E-state index in [9.17, 15) is 13.2 Å². The molecule has 0 spiro atoms. The second kappa shape index (κ2) is 5.99. The maximum absolute atomic E-state index is 11.1. The lowest BCUT2D eigenvalue weighted by atomic mass is 10.4. The van der Waals surface area contributed by atoms with Gasteiger partial charge in [0.15, 0.2) is 5.82 Å². The van der Waals surface area contributed by atoms with E-state index in [-0.39, 0.29) is 10.8 Å². The first kappa shape index (κ1) is 13.9. The van der Waals surface area contributed by atoms with Gasteiger partial charge in [-0.25, -0.2) is 18.1 Å². The van der Waals surface area contributed by atoms with E-state index in [1.807, 2.05) is 0 Å². The Hall–Kier alpha value is -1.12. The average molecular weight is 281 g/mol. The first-order valence-electron chi connectivity index (χ1n) is 4.82. The van der Waals surface area contributed by atoms with Crippen LogP contribution in [0.5, 0.6) is 0 Å². The van der Waals surface area contributed by atoms with Crippen LogP contribution in [0.1, 0.15) is 6.42 Å². The van der Waals surface area contributed by atoms with Gasteiger partial charge in [-0.3, -0.25) is 4.79 Å². The number of halogens is 1. The molecule has 0 atom stereocenters. The quantitative estimate of drug-likeness (QED) is 0.625. The molecule has 3 N–H and O–H groups in total. The van der Waals surface area contributed by atoms with Crippen LogP contribution in [0.15, 0.2) is 11.1 Å². The summed E-state index contributed by atoms with van der Waals surface area (Å²) in [6.07, 6.45) is 2.89. The molecule has 0 aliphatic carbocycles. The highest BCUT2D eigenvalue weighted by molar-refractivity contribution is 7.88. The number of aromatic amines is 1. The average Bonchev–Trinajstić information content (AvgIpc) is 2.22. The summed E-state index contributed by atoms with van der Waals surface area (Å²) in [6, 6.07) is 0. The van der Waals surface area contributed by atoms with Crippen LogP contribution in [0, 0.1) is 0 Å². The minimum Gasteiger partial charge on any atom is -0.369 e. The summed E-state index contributed by atoms with van der Waals surface area (Å²) in [7, 11) is -3.16. The Bertz CT molecular complexity index is 528. The molecule has 0 aromatic carbocycles. The van der Waals surface area contributed by atoms with Crippen LogP contribution in [-0.4, -0.2) is 37.7 Å². The predicted octanol–water partition coefficient (Wildman–Crippen LogP) is -0.226. The maximum Gasteiger partial charge on any atom is 0.271 e. The number of rotatable bonds is 6. The van der Waals surface area contributed by atoms with Crippen LogP contribution in [0.25, 0.3) is 0 Å². The van der Waals surface area contributed by atoms with Crippen LogP contribution in [0.4, 0.5) is 5.82 Å². The van der Waals surface area contributed by atoms with E-state index in [2.05, 4.69) is 20.0 Å². The van der Waals surface area contributed by atoms with Crippen molar-refractivity contribution in [2.45, 2.75) is 6.42 Å². The number of nitrogens with zero attached hydrogens (tertiary/aromatic N) is 1. The van der Waals surface area contributed by atoms with Gasteiger partial charge in [0.2, 0.25) is 10.0 Å². The molecule has 0 unspecified atom stereocenters. The molecular formula is C8H13ClN4O3S. The Kier molecular flexibility index (Phi) is 4.91. The molecule has 0 radical (unpaired) electrons.